The lowest BCUT2D eigenvalue weighted by molar-refractivity contribution is -0.946. The Kier molecular flexibility index (Phi) is 4.06. The third-order valence-electron chi connectivity index (χ3n) is 4.91. The number of nitrogens with one attached hydrogen (secondary N) is 3. The second kappa shape index (κ2) is 6.02. The first-order valence-corrected chi connectivity index (χ1v) is 8.08. The van der Waals surface area contributed by atoms with Gasteiger partial charge in [0.1, 0.15) is 30.4 Å². The van der Waals surface area contributed by atoms with E-state index in [0.717, 1.165) is 18.8 Å². The number of quaternary nitrogens is 1. The van der Waals surface area contributed by atoms with E-state index in [1.54, 1.807) is 0 Å². The average molecular weight is 308 g/mol. The van der Waals surface area contributed by atoms with Crippen molar-refractivity contribution < 1.29 is 9.88 Å². The Labute approximate surface area is 137 Å². The van der Waals surface area contributed by atoms with Crippen molar-refractivity contribution in [2.45, 2.75) is 38.9 Å². The zero-order valence-electron chi connectivity index (χ0n) is 14.0. The number of aromatic nitrogens is 1. The Morgan fingerprint density at radius 3 is 2.74 bits per heavy atom. The van der Waals surface area contributed by atoms with Crippen molar-refractivity contribution in [3.05, 3.63) is 58.8 Å². The molecule has 3 N–H and O–H groups in total. The van der Waals surface area contributed by atoms with E-state index in [1.165, 1.54) is 21.7 Å². The number of nitrogens with zero attached hydrogens (tertiary/aromatic N) is 1. The highest BCUT2D eigenvalue weighted by atomic mass is 15.2. The van der Waals surface area contributed by atoms with Crippen LogP contribution in [0.1, 0.15) is 36.2 Å². The summed E-state index contributed by atoms with van der Waals surface area (Å²) in [4.78, 5) is 4.96. The molecule has 118 valence electrons. The molecule has 0 fully saturated rings. The van der Waals surface area contributed by atoms with Gasteiger partial charge in [0.2, 0.25) is 0 Å². The maximum absolute atomic E-state index is 9.47. The fraction of sp³-hybridized carbons (Fsp3) is 0.368. The first-order chi connectivity index (χ1) is 11.0. The molecule has 0 amide bonds. The zero-order chi connectivity index (χ0) is 16.4. The molecule has 23 heavy (non-hydrogen) atoms. The van der Waals surface area contributed by atoms with Gasteiger partial charge in [0.05, 0.1) is 24.6 Å². The van der Waals surface area contributed by atoms with Crippen LogP contribution in [0, 0.1) is 11.3 Å². The number of hydrogen-bond donors (Lipinski definition) is 2. The molecule has 0 saturated carbocycles. The number of rotatable bonds is 3. The summed E-state index contributed by atoms with van der Waals surface area (Å²) in [5, 5.41) is 12.9. The van der Waals surface area contributed by atoms with Crippen LogP contribution in [0.3, 0.4) is 0 Å². The number of pyridine rings is 1. The Hall–Kier alpha value is -2.38. The summed E-state index contributed by atoms with van der Waals surface area (Å²) in [5.41, 5.74) is 4.59. The zero-order valence-corrected chi connectivity index (χ0v) is 14.0. The molecule has 0 radical (unpaired) electrons. The monoisotopic (exact) mass is 308 g/mol. The number of hydrogen-bond acceptors (Lipinski definition) is 2. The van der Waals surface area contributed by atoms with Crippen LogP contribution in [0.25, 0.3) is 0 Å². The van der Waals surface area contributed by atoms with Crippen LogP contribution in [-0.2, 0) is 19.5 Å². The van der Waals surface area contributed by atoms with Crippen molar-refractivity contribution in [1.29, 1.82) is 5.26 Å². The number of nitriles is 1. The van der Waals surface area contributed by atoms with E-state index in [2.05, 4.69) is 49.4 Å². The molecule has 1 atom stereocenters. The van der Waals surface area contributed by atoms with Gasteiger partial charge in [-0.15, -0.1) is 0 Å². The van der Waals surface area contributed by atoms with Gasteiger partial charge in [0.15, 0.2) is 0 Å². The van der Waals surface area contributed by atoms with Gasteiger partial charge in [0.25, 0.3) is 5.82 Å². The minimum Gasteiger partial charge on any atom is -0.329 e. The fourth-order valence-corrected chi connectivity index (χ4v) is 3.08. The number of H-pyrrole nitrogens is 1. The van der Waals surface area contributed by atoms with Crippen molar-refractivity contribution in [3.63, 3.8) is 0 Å². The standard InChI is InChI=1S/C19H22N4/c1-19(2)10-17-16(13-23(19)3)9-15(11-20)18(22-17)21-12-14-7-5-4-6-8-14/h4-9H,10,12-13H2,1-3H3,(H,21,22)/p+2. The number of anilines is 1. The van der Waals surface area contributed by atoms with E-state index in [-0.39, 0.29) is 5.54 Å². The van der Waals surface area contributed by atoms with Crippen molar-refractivity contribution in [3.8, 4) is 6.07 Å². The maximum Gasteiger partial charge on any atom is 0.290 e. The molecule has 1 aliphatic rings. The molecule has 4 heteroatoms. The molecule has 1 unspecified atom stereocenters. The third kappa shape index (κ3) is 3.20. The second-order valence-electron chi connectivity index (χ2n) is 7.03. The Balaban J connectivity index is 1.88. The number of fused-ring (bicyclic) bond motifs is 1. The fourth-order valence-electron chi connectivity index (χ4n) is 3.08. The Morgan fingerprint density at radius 2 is 2.04 bits per heavy atom. The first-order valence-electron chi connectivity index (χ1n) is 8.08. The van der Waals surface area contributed by atoms with Crippen LogP contribution in [0.5, 0.6) is 0 Å². The van der Waals surface area contributed by atoms with Gasteiger partial charge in [0, 0.05) is 0 Å². The molecule has 2 aromatic rings. The normalized spacial score (nSPS) is 18.8. The molecule has 3 rings (SSSR count). The highest BCUT2D eigenvalue weighted by Gasteiger charge is 2.36. The third-order valence-corrected chi connectivity index (χ3v) is 4.91. The van der Waals surface area contributed by atoms with E-state index in [0.29, 0.717) is 12.1 Å². The van der Waals surface area contributed by atoms with Crippen LogP contribution >= 0.6 is 0 Å². The summed E-state index contributed by atoms with van der Waals surface area (Å²) >= 11 is 0. The summed E-state index contributed by atoms with van der Waals surface area (Å²) < 4.78 is 0. The van der Waals surface area contributed by atoms with Crippen molar-refractivity contribution in [2.24, 2.45) is 0 Å². The molecule has 0 saturated heterocycles. The summed E-state index contributed by atoms with van der Waals surface area (Å²) in [6.45, 7) is 6.23. The highest BCUT2D eigenvalue weighted by molar-refractivity contribution is 5.50. The average Bonchev–Trinajstić information content (AvgIpc) is 2.54. The van der Waals surface area contributed by atoms with E-state index in [9.17, 15) is 5.26 Å². The molecule has 0 bridgehead atoms. The molecule has 0 spiro atoms. The highest BCUT2D eigenvalue weighted by Crippen LogP contribution is 2.20. The largest absolute Gasteiger partial charge is 0.329 e. The number of benzene rings is 1. The second-order valence-corrected chi connectivity index (χ2v) is 7.03. The van der Waals surface area contributed by atoms with Crippen LogP contribution in [0.4, 0.5) is 5.82 Å². The minimum absolute atomic E-state index is 0.203. The van der Waals surface area contributed by atoms with Crippen LogP contribution in [0.2, 0.25) is 0 Å². The summed E-state index contributed by atoms with van der Waals surface area (Å²) in [6.07, 6.45) is 0.986. The summed E-state index contributed by atoms with van der Waals surface area (Å²) in [6, 6.07) is 14.6. The molecule has 2 heterocycles. The molecular weight excluding hydrogens is 284 g/mol. The van der Waals surface area contributed by atoms with Crippen molar-refractivity contribution in [2.75, 3.05) is 12.4 Å². The lowest BCUT2D eigenvalue weighted by Crippen LogP contribution is -3.16. The predicted octanol–water partition coefficient (Wildman–Crippen LogP) is 1.33. The van der Waals surface area contributed by atoms with Crippen LogP contribution in [0.15, 0.2) is 36.4 Å². The maximum atomic E-state index is 9.47. The van der Waals surface area contributed by atoms with E-state index in [1.807, 2.05) is 24.3 Å². The number of aromatic amines is 1. The van der Waals surface area contributed by atoms with Gasteiger partial charge in [-0.25, -0.2) is 4.98 Å². The van der Waals surface area contributed by atoms with Gasteiger partial charge < -0.3 is 4.90 Å². The summed E-state index contributed by atoms with van der Waals surface area (Å²) in [7, 11) is 2.22. The van der Waals surface area contributed by atoms with E-state index in [4.69, 9.17) is 0 Å². The molecule has 0 aliphatic carbocycles. The molecule has 1 aromatic heterocycles. The van der Waals surface area contributed by atoms with Crippen molar-refractivity contribution >= 4 is 5.82 Å². The topological polar surface area (TPSA) is 54.4 Å². The van der Waals surface area contributed by atoms with Gasteiger partial charge in [-0.3, -0.25) is 5.32 Å². The van der Waals surface area contributed by atoms with Crippen LogP contribution < -0.4 is 15.2 Å². The van der Waals surface area contributed by atoms with Gasteiger partial charge >= 0.3 is 0 Å². The molecule has 4 nitrogen and oxygen atoms in total. The Morgan fingerprint density at radius 1 is 1.30 bits per heavy atom. The molecular formula is C19H24N4+2. The smallest absolute Gasteiger partial charge is 0.290 e. The van der Waals surface area contributed by atoms with Crippen molar-refractivity contribution in [1.82, 2.24) is 0 Å². The minimum atomic E-state index is 0.203. The first kappa shape index (κ1) is 15.5. The lowest BCUT2D eigenvalue weighted by Gasteiger charge is -2.36. The van der Waals surface area contributed by atoms with Gasteiger partial charge in [-0.1, -0.05) is 30.3 Å². The van der Waals surface area contributed by atoms with Gasteiger partial charge in [-0.05, 0) is 25.5 Å². The Bertz CT molecular complexity index is 744. The SMILES string of the molecule is C[NH+]1Cc2cc(C#N)c(NCc3ccccc3)[nH+]c2CC1(C)C. The predicted molar refractivity (Wildman–Crippen MR) is 89.9 cm³/mol. The summed E-state index contributed by atoms with van der Waals surface area (Å²) in [5.74, 6) is 0.824. The quantitative estimate of drug-likeness (QED) is 0.899. The van der Waals surface area contributed by atoms with E-state index < -0.39 is 0 Å². The molecule has 1 aliphatic heterocycles. The molecule has 1 aromatic carbocycles. The van der Waals surface area contributed by atoms with Gasteiger partial charge in [-0.2, -0.15) is 5.26 Å². The van der Waals surface area contributed by atoms with Crippen LogP contribution in [-0.4, -0.2) is 12.6 Å². The number of likely N-dealkylation sites (N-methyl/N-ethyl adjacent to an activating group) is 1. The van der Waals surface area contributed by atoms with E-state index >= 15 is 0 Å². The lowest BCUT2D eigenvalue weighted by atomic mass is 9.88.